The average Bonchev–Trinajstić information content (AvgIpc) is 2.77. The third kappa shape index (κ3) is 4.98. The number of nitrogens with zero attached hydrogens (tertiary/aromatic N) is 1. The molecule has 1 unspecified atom stereocenters. The number of fused-ring (bicyclic) bond motifs is 2. The molecule has 0 radical (unpaired) electrons. The van der Waals surface area contributed by atoms with E-state index in [1.54, 1.807) is 30.0 Å². The Bertz CT molecular complexity index is 1190. The molecule has 1 aliphatic carbocycles. The van der Waals surface area contributed by atoms with Crippen molar-refractivity contribution in [1.82, 2.24) is 4.90 Å². The van der Waals surface area contributed by atoms with Gasteiger partial charge in [-0.1, -0.05) is 29.9 Å². The molecule has 5 rings (SSSR count). The maximum Gasteiger partial charge on any atom is 0.229 e. The molecule has 33 heavy (non-hydrogen) atoms. The predicted molar refractivity (Wildman–Crippen MR) is 133 cm³/mol. The lowest BCUT2D eigenvalue weighted by Crippen LogP contribution is -2.51. The Labute approximate surface area is 199 Å². The fourth-order valence-corrected chi connectivity index (χ4v) is 6.46. The lowest BCUT2D eigenvalue weighted by atomic mass is 9.82. The Balaban J connectivity index is 1.21. The smallest absolute Gasteiger partial charge is 0.229 e. The number of likely N-dealkylation sites (tertiary alicyclic amines) is 1. The lowest BCUT2D eigenvalue weighted by molar-refractivity contribution is -0.00865. The number of anilines is 1. The van der Waals surface area contributed by atoms with Gasteiger partial charge in [0.15, 0.2) is 5.78 Å². The van der Waals surface area contributed by atoms with Crippen molar-refractivity contribution in [2.45, 2.75) is 31.3 Å². The van der Waals surface area contributed by atoms with Crippen molar-refractivity contribution in [3.05, 3.63) is 70.0 Å². The largest absolute Gasteiger partial charge is 0.486 e. The molecule has 1 aromatic rings. The number of hydrogen-bond donors (Lipinski definition) is 1. The summed E-state index contributed by atoms with van der Waals surface area (Å²) in [5.41, 5.74) is 3.27. The highest BCUT2D eigenvalue weighted by Crippen LogP contribution is 2.41. The third-order valence-electron chi connectivity index (χ3n) is 6.76. The number of benzene rings is 1. The number of nitrogens with one attached hydrogen (secondary N) is 1. The molecule has 1 fully saturated rings. The number of Topliss-reactive ketones (excluding diaryl/α,β-unsaturated/α-hetero) is 1. The normalized spacial score (nSPS) is 23.9. The highest BCUT2D eigenvalue weighted by Gasteiger charge is 2.43. The molecule has 0 saturated carbocycles. The van der Waals surface area contributed by atoms with Gasteiger partial charge < -0.3 is 9.64 Å². The van der Waals surface area contributed by atoms with Crippen LogP contribution >= 0.6 is 11.8 Å². The Kier molecular flexibility index (Phi) is 6.01. The zero-order valence-electron chi connectivity index (χ0n) is 18.6. The number of piperidine rings is 1. The van der Waals surface area contributed by atoms with Gasteiger partial charge in [-0.2, -0.15) is 0 Å². The maximum absolute atomic E-state index is 12.8. The Morgan fingerprint density at radius 1 is 1.21 bits per heavy atom. The number of hydrogen-bond acceptors (Lipinski definition) is 6. The number of thioether (sulfide) groups is 1. The number of sulfonamides is 1. The number of ether oxygens (including phenoxy) is 1. The zero-order valence-corrected chi connectivity index (χ0v) is 20.3. The van der Waals surface area contributed by atoms with Gasteiger partial charge in [0.25, 0.3) is 0 Å². The van der Waals surface area contributed by atoms with Crippen LogP contribution in [0.25, 0.3) is 0 Å². The molecule has 0 aromatic heterocycles. The van der Waals surface area contributed by atoms with Crippen LogP contribution in [0.2, 0.25) is 0 Å². The molecule has 4 aliphatic rings. The van der Waals surface area contributed by atoms with Crippen molar-refractivity contribution < 1.29 is 17.9 Å². The minimum absolute atomic E-state index is 0.0662. The van der Waals surface area contributed by atoms with Gasteiger partial charge >= 0.3 is 0 Å². The molecule has 3 aliphatic heterocycles. The summed E-state index contributed by atoms with van der Waals surface area (Å²) in [6, 6.07) is 4.89. The first kappa shape index (κ1) is 22.5. The molecule has 3 heterocycles. The highest BCUT2D eigenvalue weighted by atomic mass is 32.2. The Morgan fingerprint density at radius 3 is 2.82 bits per heavy atom. The van der Waals surface area contributed by atoms with Gasteiger partial charge in [-0.05, 0) is 34.9 Å². The van der Waals surface area contributed by atoms with E-state index in [-0.39, 0.29) is 5.78 Å². The van der Waals surface area contributed by atoms with Crippen molar-refractivity contribution in [3.8, 4) is 5.75 Å². The van der Waals surface area contributed by atoms with Gasteiger partial charge in [0.1, 0.15) is 11.4 Å². The molecule has 1 atom stereocenters. The summed E-state index contributed by atoms with van der Waals surface area (Å²) in [6.45, 7) is 2.76. The van der Waals surface area contributed by atoms with Crippen LogP contribution < -0.4 is 9.46 Å². The second-order valence-corrected chi connectivity index (χ2v) is 11.7. The first-order valence-electron chi connectivity index (χ1n) is 11.3. The summed E-state index contributed by atoms with van der Waals surface area (Å²) in [5, 5.41) is 4.51. The van der Waals surface area contributed by atoms with Crippen LogP contribution in [0.4, 0.5) is 5.69 Å². The monoisotopic (exact) mass is 484 g/mol. The highest BCUT2D eigenvalue weighted by molar-refractivity contribution is 8.05. The molecule has 8 heteroatoms. The van der Waals surface area contributed by atoms with E-state index in [2.05, 4.69) is 44.7 Å². The fraction of sp³-hybridized carbons (Fsp3) is 0.400. The van der Waals surface area contributed by atoms with Gasteiger partial charge in [0.2, 0.25) is 10.0 Å². The van der Waals surface area contributed by atoms with Crippen LogP contribution in [0.15, 0.2) is 64.5 Å². The fourth-order valence-electron chi connectivity index (χ4n) is 5.02. The van der Waals surface area contributed by atoms with Crippen molar-refractivity contribution in [1.29, 1.82) is 0 Å². The van der Waals surface area contributed by atoms with Crippen LogP contribution in [0.1, 0.15) is 36.0 Å². The zero-order chi connectivity index (χ0) is 23.1. The molecular formula is C25H28N2O4S2. The van der Waals surface area contributed by atoms with E-state index in [9.17, 15) is 13.2 Å². The van der Waals surface area contributed by atoms with E-state index in [1.807, 2.05) is 0 Å². The molecule has 174 valence electrons. The summed E-state index contributed by atoms with van der Waals surface area (Å²) >= 11 is 1.76. The first-order valence-corrected chi connectivity index (χ1v) is 14.1. The summed E-state index contributed by atoms with van der Waals surface area (Å²) in [6.07, 6.45) is 12.8. The minimum atomic E-state index is -3.40. The molecule has 0 bridgehead atoms. The maximum atomic E-state index is 12.8. The SMILES string of the molecule is CS(=O)(=O)Nc1ccc2c(c1)OC1(CCN(CCC3=CSC=C4C=CC=CC43)CC1)CC2=O. The van der Waals surface area contributed by atoms with E-state index >= 15 is 0 Å². The first-order chi connectivity index (χ1) is 15.8. The second kappa shape index (κ2) is 8.81. The van der Waals surface area contributed by atoms with E-state index in [4.69, 9.17) is 4.74 Å². The topological polar surface area (TPSA) is 75.7 Å². The van der Waals surface area contributed by atoms with Crippen molar-refractivity contribution >= 4 is 33.3 Å². The second-order valence-electron chi connectivity index (χ2n) is 9.23. The van der Waals surface area contributed by atoms with Gasteiger partial charge in [0.05, 0.1) is 23.9 Å². The number of carbonyl (C=O) groups excluding carboxylic acids is 1. The molecular weight excluding hydrogens is 456 g/mol. The summed E-state index contributed by atoms with van der Waals surface area (Å²) in [5.74, 6) is 0.948. The molecule has 0 amide bonds. The van der Waals surface area contributed by atoms with E-state index in [1.165, 1.54) is 11.1 Å². The number of ketones is 1. The lowest BCUT2D eigenvalue weighted by Gasteiger charge is -2.44. The molecule has 1 spiro atoms. The summed E-state index contributed by atoms with van der Waals surface area (Å²) < 4.78 is 32.0. The number of carbonyl (C=O) groups is 1. The number of allylic oxidation sites excluding steroid dienone is 5. The van der Waals surface area contributed by atoms with E-state index in [0.29, 0.717) is 29.3 Å². The van der Waals surface area contributed by atoms with Crippen LogP contribution in [0.3, 0.4) is 0 Å². The summed E-state index contributed by atoms with van der Waals surface area (Å²) in [4.78, 5) is 15.3. The van der Waals surface area contributed by atoms with Crippen LogP contribution in [0.5, 0.6) is 5.75 Å². The minimum Gasteiger partial charge on any atom is -0.486 e. The van der Waals surface area contributed by atoms with Gasteiger partial charge in [-0.3, -0.25) is 9.52 Å². The molecule has 1 N–H and O–H groups in total. The quantitative estimate of drug-likeness (QED) is 0.663. The molecule has 1 aromatic carbocycles. The average molecular weight is 485 g/mol. The molecule has 6 nitrogen and oxygen atoms in total. The Morgan fingerprint density at radius 2 is 2.03 bits per heavy atom. The van der Waals surface area contributed by atoms with Crippen LogP contribution in [-0.2, 0) is 10.0 Å². The van der Waals surface area contributed by atoms with Crippen LogP contribution in [0, 0.1) is 5.92 Å². The Hall–Kier alpha value is -2.29. The van der Waals surface area contributed by atoms with E-state index in [0.717, 1.165) is 45.2 Å². The number of rotatable bonds is 5. The standard InChI is InChI=1S/C25H28N2O4S2/c1-33(29,30)26-20-6-7-22-23(28)15-25(31-24(22)14-20)9-12-27(13-10-25)11-8-19-17-32-16-18-4-2-3-5-21(18)19/h2-7,14,16-17,21,26H,8-13,15H2,1H3. The van der Waals surface area contributed by atoms with Gasteiger partial charge in [-0.25, -0.2) is 8.42 Å². The van der Waals surface area contributed by atoms with Gasteiger partial charge in [-0.15, -0.1) is 11.8 Å². The van der Waals surface area contributed by atoms with Gasteiger partial charge in [0, 0.05) is 44.5 Å². The molecule has 1 saturated heterocycles. The van der Waals surface area contributed by atoms with Crippen molar-refractivity contribution in [2.24, 2.45) is 5.92 Å². The van der Waals surface area contributed by atoms with E-state index < -0.39 is 15.6 Å². The van der Waals surface area contributed by atoms with Crippen molar-refractivity contribution in [3.63, 3.8) is 0 Å². The summed E-state index contributed by atoms with van der Waals surface area (Å²) in [7, 11) is -3.40. The van der Waals surface area contributed by atoms with Crippen LogP contribution in [-0.4, -0.2) is 50.6 Å². The third-order valence-corrected chi connectivity index (χ3v) is 8.22. The predicted octanol–water partition coefficient (Wildman–Crippen LogP) is 4.50. The van der Waals surface area contributed by atoms with Crippen molar-refractivity contribution in [2.75, 3.05) is 30.6 Å².